The number of hydrogen-bond acceptors (Lipinski definition) is 10. The number of anilines is 4. The molecule has 1 amide bonds. The molecule has 0 spiro atoms. The number of fused-ring (bicyclic) bond motifs is 1. The first-order chi connectivity index (χ1) is 15.6. The molecule has 1 saturated heterocycles. The Balaban J connectivity index is 1.54. The number of carbonyl (C=O) groups excluding carboxylic acids is 1. The molecule has 1 aromatic carbocycles. The molecule has 1 fully saturated rings. The summed E-state index contributed by atoms with van der Waals surface area (Å²) in [6, 6.07) is 9.45. The van der Waals surface area contributed by atoms with Crippen molar-refractivity contribution in [2.24, 2.45) is 5.73 Å². The number of morpholine rings is 1. The predicted molar refractivity (Wildman–Crippen MR) is 124 cm³/mol. The molecule has 11 heteroatoms. The van der Waals surface area contributed by atoms with Crippen LogP contribution in [0.4, 0.5) is 22.5 Å². The van der Waals surface area contributed by atoms with Crippen LogP contribution in [0.5, 0.6) is 0 Å². The van der Waals surface area contributed by atoms with Gasteiger partial charge < -0.3 is 26.4 Å². The number of primary amides is 1. The summed E-state index contributed by atoms with van der Waals surface area (Å²) in [7, 11) is 0. The van der Waals surface area contributed by atoms with Gasteiger partial charge in [0.2, 0.25) is 5.95 Å². The topological polar surface area (TPSA) is 145 Å². The van der Waals surface area contributed by atoms with E-state index < -0.39 is 5.91 Å². The van der Waals surface area contributed by atoms with Gasteiger partial charge in [0, 0.05) is 36.7 Å². The summed E-state index contributed by atoms with van der Waals surface area (Å²) in [6.45, 7) is 2.82. The van der Waals surface area contributed by atoms with E-state index in [1.54, 1.807) is 0 Å². The van der Waals surface area contributed by atoms with E-state index in [1.807, 2.05) is 30.3 Å². The summed E-state index contributed by atoms with van der Waals surface area (Å²) in [5.41, 5.74) is 13.7. The van der Waals surface area contributed by atoms with Crippen LogP contribution in [0.1, 0.15) is 10.4 Å². The number of nitrogens with zero attached hydrogens (tertiary/aromatic N) is 5. The Bertz CT molecular complexity index is 1270. The van der Waals surface area contributed by atoms with Gasteiger partial charge in [-0.1, -0.05) is 0 Å². The van der Waals surface area contributed by atoms with Gasteiger partial charge in [-0.3, -0.25) is 4.79 Å². The standard InChI is InChI=1S/C21H20N8O2S/c22-14-3-1-12(2-4-14)19-26-15-9-16(27-21-24-10-13(11-25-21)18(23)30)32-17(15)20(28-19)29-5-7-31-8-6-29/h1-4,9-11H,5-8,22H2,(H2,23,30)(H,24,25,27). The number of rotatable bonds is 5. The molecule has 4 heterocycles. The number of aromatic nitrogens is 4. The molecule has 0 unspecified atom stereocenters. The lowest BCUT2D eigenvalue weighted by atomic mass is 10.2. The number of hydrogen-bond donors (Lipinski definition) is 3. The summed E-state index contributed by atoms with van der Waals surface area (Å²) >= 11 is 1.52. The van der Waals surface area contributed by atoms with Crippen LogP contribution in [-0.2, 0) is 4.74 Å². The molecule has 0 radical (unpaired) electrons. The molecule has 10 nitrogen and oxygen atoms in total. The predicted octanol–water partition coefficient (Wildman–Crippen LogP) is 2.41. The number of nitrogen functional groups attached to an aromatic ring is 1. The first-order valence-electron chi connectivity index (χ1n) is 9.96. The minimum Gasteiger partial charge on any atom is -0.399 e. The number of nitrogens with one attached hydrogen (secondary N) is 1. The number of amides is 1. The highest BCUT2D eigenvalue weighted by atomic mass is 32.1. The zero-order chi connectivity index (χ0) is 22.1. The summed E-state index contributed by atoms with van der Waals surface area (Å²) in [4.78, 5) is 31.4. The normalized spacial score (nSPS) is 13.9. The maximum Gasteiger partial charge on any atom is 0.251 e. The molecular formula is C21H20N8O2S. The van der Waals surface area contributed by atoms with Crippen molar-refractivity contribution in [3.63, 3.8) is 0 Å². The van der Waals surface area contributed by atoms with E-state index in [-0.39, 0.29) is 5.56 Å². The maximum absolute atomic E-state index is 11.2. The van der Waals surface area contributed by atoms with Crippen molar-refractivity contribution in [3.8, 4) is 11.4 Å². The molecule has 1 aliphatic rings. The third-order valence-electron chi connectivity index (χ3n) is 5.00. The fourth-order valence-electron chi connectivity index (χ4n) is 3.36. The summed E-state index contributed by atoms with van der Waals surface area (Å²) in [6.07, 6.45) is 2.78. The first-order valence-corrected chi connectivity index (χ1v) is 10.8. The third-order valence-corrected chi connectivity index (χ3v) is 6.04. The second-order valence-corrected chi connectivity index (χ2v) is 8.25. The van der Waals surface area contributed by atoms with Crippen molar-refractivity contribution in [1.29, 1.82) is 0 Å². The third kappa shape index (κ3) is 4.03. The lowest BCUT2D eigenvalue weighted by Crippen LogP contribution is -2.36. The summed E-state index contributed by atoms with van der Waals surface area (Å²) in [5.74, 6) is 1.29. The Morgan fingerprint density at radius 1 is 1.09 bits per heavy atom. The Labute approximate surface area is 187 Å². The van der Waals surface area contributed by atoms with Crippen LogP contribution in [0.2, 0.25) is 0 Å². The van der Waals surface area contributed by atoms with Crippen LogP contribution in [0.15, 0.2) is 42.7 Å². The fraction of sp³-hybridized carbons (Fsp3) is 0.190. The number of benzene rings is 1. The fourth-order valence-corrected chi connectivity index (χ4v) is 4.37. The highest BCUT2D eigenvalue weighted by Crippen LogP contribution is 2.37. The van der Waals surface area contributed by atoms with Crippen LogP contribution in [0, 0.1) is 0 Å². The summed E-state index contributed by atoms with van der Waals surface area (Å²) in [5, 5.41) is 3.98. The van der Waals surface area contributed by atoms with E-state index in [1.165, 1.54) is 23.7 Å². The van der Waals surface area contributed by atoms with Gasteiger partial charge in [0.25, 0.3) is 5.91 Å². The smallest absolute Gasteiger partial charge is 0.251 e. The quantitative estimate of drug-likeness (QED) is 0.392. The second kappa shape index (κ2) is 8.36. The van der Waals surface area contributed by atoms with E-state index in [0.717, 1.165) is 39.7 Å². The van der Waals surface area contributed by atoms with Crippen molar-refractivity contribution in [2.45, 2.75) is 0 Å². The highest BCUT2D eigenvalue weighted by molar-refractivity contribution is 7.23. The highest BCUT2D eigenvalue weighted by Gasteiger charge is 2.20. The van der Waals surface area contributed by atoms with E-state index in [9.17, 15) is 4.79 Å². The van der Waals surface area contributed by atoms with Crippen molar-refractivity contribution in [2.75, 3.05) is 42.3 Å². The molecular weight excluding hydrogens is 428 g/mol. The Kier molecular flexibility index (Phi) is 5.25. The van der Waals surface area contributed by atoms with Crippen molar-refractivity contribution in [1.82, 2.24) is 19.9 Å². The Morgan fingerprint density at radius 2 is 1.81 bits per heavy atom. The molecule has 5 rings (SSSR count). The second-order valence-electron chi connectivity index (χ2n) is 7.20. The van der Waals surface area contributed by atoms with Gasteiger partial charge in [-0.15, -0.1) is 11.3 Å². The molecule has 4 aromatic rings. The zero-order valence-corrected chi connectivity index (χ0v) is 17.8. The van der Waals surface area contributed by atoms with Gasteiger partial charge in [-0.25, -0.2) is 19.9 Å². The van der Waals surface area contributed by atoms with Crippen molar-refractivity contribution in [3.05, 3.63) is 48.3 Å². The van der Waals surface area contributed by atoms with Crippen molar-refractivity contribution >= 4 is 49.9 Å². The Hall–Kier alpha value is -3.83. The lowest BCUT2D eigenvalue weighted by Gasteiger charge is -2.28. The number of ether oxygens (including phenoxy) is 1. The van der Waals surface area contributed by atoms with Gasteiger partial charge in [0.05, 0.1) is 34.0 Å². The van der Waals surface area contributed by atoms with Gasteiger partial charge in [-0.2, -0.15) is 0 Å². The lowest BCUT2D eigenvalue weighted by molar-refractivity contribution is 0.0999. The molecule has 0 bridgehead atoms. The van der Waals surface area contributed by atoms with Crippen LogP contribution in [0.3, 0.4) is 0 Å². The molecule has 32 heavy (non-hydrogen) atoms. The van der Waals surface area contributed by atoms with Crippen LogP contribution in [0.25, 0.3) is 21.6 Å². The van der Waals surface area contributed by atoms with E-state index in [4.69, 9.17) is 26.2 Å². The summed E-state index contributed by atoms with van der Waals surface area (Å²) < 4.78 is 6.48. The largest absolute Gasteiger partial charge is 0.399 e. The molecule has 0 saturated carbocycles. The van der Waals surface area contributed by atoms with E-state index in [0.29, 0.717) is 30.7 Å². The molecule has 0 aliphatic carbocycles. The number of carbonyl (C=O) groups is 1. The van der Waals surface area contributed by atoms with E-state index >= 15 is 0 Å². The minimum absolute atomic E-state index is 0.250. The average Bonchev–Trinajstić information content (AvgIpc) is 3.22. The molecule has 3 aromatic heterocycles. The van der Waals surface area contributed by atoms with Crippen LogP contribution < -0.4 is 21.7 Å². The van der Waals surface area contributed by atoms with Gasteiger partial charge in [0.1, 0.15) is 0 Å². The van der Waals surface area contributed by atoms with Gasteiger partial charge in [0.15, 0.2) is 11.6 Å². The zero-order valence-electron chi connectivity index (χ0n) is 17.0. The van der Waals surface area contributed by atoms with Gasteiger partial charge >= 0.3 is 0 Å². The maximum atomic E-state index is 11.2. The Morgan fingerprint density at radius 3 is 2.50 bits per heavy atom. The average molecular weight is 449 g/mol. The molecule has 0 atom stereocenters. The first kappa shape index (κ1) is 20.1. The number of thiophene rings is 1. The SMILES string of the molecule is NC(=O)c1cnc(Nc2cc3nc(-c4ccc(N)cc4)nc(N4CCOCC4)c3s2)nc1. The monoisotopic (exact) mass is 448 g/mol. The molecule has 162 valence electrons. The van der Waals surface area contributed by atoms with Crippen LogP contribution >= 0.6 is 11.3 Å². The number of nitrogens with two attached hydrogens (primary N) is 2. The molecule has 5 N–H and O–H groups in total. The van der Waals surface area contributed by atoms with Gasteiger partial charge in [-0.05, 0) is 30.3 Å². The van der Waals surface area contributed by atoms with Crippen LogP contribution in [-0.4, -0.2) is 52.1 Å². The minimum atomic E-state index is -0.570. The molecule has 1 aliphatic heterocycles. The van der Waals surface area contributed by atoms with Crippen molar-refractivity contribution < 1.29 is 9.53 Å². The van der Waals surface area contributed by atoms with E-state index in [2.05, 4.69) is 20.2 Å².